The van der Waals surface area contributed by atoms with Crippen LogP contribution in [0.2, 0.25) is 0 Å². The van der Waals surface area contributed by atoms with Crippen molar-refractivity contribution in [2.24, 2.45) is 0 Å². The van der Waals surface area contributed by atoms with Gasteiger partial charge in [-0.2, -0.15) is 0 Å². The van der Waals surface area contributed by atoms with Gasteiger partial charge >= 0.3 is 0 Å². The Bertz CT molecular complexity index is 1110. The molecule has 0 heterocycles. The van der Waals surface area contributed by atoms with Gasteiger partial charge in [0.1, 0.15) is 5.75 Å². The van der Waals surface area contributed by atoms with Gasteiger partial charge in [-0.1, -0.05) is 43.7 Å². The molecule has 0 saturated heterocycles. The number of rotatable bonds is 5. The van der Waals surface area contributed by atoms with Crippen LogP contribution in [0.25, 0.3) is 11.1 Å². The van der Waals surface area contributed by atoms with Crippen molar-refractivity contribution < 1.29 is 14.7 Å². The molecule has 0 amide bonds. The van der Waals surface area contributed by atoms with Gasteiger partial charge in [0.2, 0.25) is 0 Å². The number of unbranched alkanes of at least 4 members (excludes halogenated alkanes) is 1. The largest absolute Gasteiger partial charge is 0.507 e. The highest BCUT2D eigenvalue weighted by atomic mass is 16.3. The lowest BCUT2D eigenvalue weighted by atomic mass is 9.81. The van der Waals surface area contributed by atoms with E-state index in [1.165, 1.54) is 11.6 Å². The van der Waals surface area contributed by atoms with Gasteiger partial charge in [-0.3, -0.25) is 9.59 Å². The predicted molar refractivity (Wildman–Crippen MR) is 115 cm³/mol. The predicted octanol–water partition coefficient (Wildman–Crippen LogP) is 5.22. The number of anilines is 1. The van der Waals surface area contributed by atoms with Gasteiger partial charge in [-0.25, -0.2) is 0 Å². The number of nitrogens with one attached hydrogen (secondary N) is 1. The van der Waals surface area contributed by atoms with E-state index in [1.54, 1.807) is 25.2 Å². The summed E-state index contributed by atoms with van der Waals surface area (Å²) in [6.07, 6.45) is 3.37. The van der Waals surface area contributed by atoms with E-state index >= 15 is 0 Å². The monoisotopic (exact) mass is 385 g/mol. The molecule has 0 spiro atoms. The highest BCUT2D eigenvalue weighted by molar-refractivity contribution is 6.31. The van der Waals surface area contributed by atoms with Crippen LogP contribution < -0.4 is 5.32 Å². The molecule has 0 fully saturated rings. The van der Waals surface area contributed by atoms with Gasteiger partial charge in [0, 0.05) is 23.9 Å². The summed E-state index contributed by atoms with van der Waals surface area (Å²) in [5.41, 5.74) is 4.70. The highest BCUT2D eigenvalue weighted by Gasteiger charge is 2.34. The number of hydrogen-bond donors (Lipinski definition) is 2. The van der Waals surface area contributed by atoms with Crippen LogP contribution in [-0.4, -0.2) is 23.7 Å². The van der Waals surface area contributed by atoms with Crippen molar-refractivity contribution in [2.75, 3.05) is 12.4 Å². The number of fused-ring (bicyclic) bond motifs is 2. The van der Waals surface area contributed by atoms with Crippen LogP contribution in [-0.2, 0) is 6.42 Å². The maximum atomic E-state index is 13.2. The van der Waals surface area contributed by atoms with Crippen LogP contribution in [0.15, 0.2) is 54.6 Å². The Morgan fingerprint density at radius 2 is 1.52 bits per heavy atom. The third-order valence-electron chi connectivity index (χ3n) is 5.52. The van der Waals surface area contributed by atoms with Gasteiger partial charge in [-0.15, -0.1) is 0 Å². The van der Waals surface area contributed by atoms with Crippen LogP contribution >= 0.6 is 0 Å². The second-order valence-electron chi connectivity index (χ2n) is 7.35. The second kappa shape index (κ2) is 7.55. The van der Waals surface area contributed by atoms with Gasteiger partial charge in [0.05, 0.1) is 11.1 Å². The lowest BCUT2D eigenvalue weighted by Gasteiger charge is -2.21. The van der Waals surface area contributed by atoms with E-state index < -0.39 is 0 Å². The average molecular weight is 385 g/mol. The molecule has 0 bridgehead atoms. The first-order valence-corrected chi connectivity index (χ1v) is 9.91. The molecule has 4 nitrogen and oxygen atoms in total. The summed E-state index contributed by atoms with van der Waals surface area (Å²) < 4.78 is 0. The summed E-state index contributed by atoms with van der Waals surface area (Å²) in [6, 6.07) is 16.7. The number of benzene rings is 3. The van der Waals surface area contributed by atoms with E-state index in [9.17, 15) is 14.7 Å². The van der Waals surface area contributed by atoms with Crippen molar-refractivity contribution in [1.29, 1.82) is 0 Å². The summed E-state index contributed by atoms with van der Waals surface area (Å²) in [5, 5.41) is 13.2. The zero-order chi connectivity index (χ0) is 20.5. The summed E-state index contributed by atoms with van der Waals surface area (Å²) in [7, 11) is 1.69. The Balaban J connectivity index is 1.76. The minimum atomic E-state index is -0.328. The number of carbonyl (C=O) groups is 2. The number of aromatic hydroxyl groups is 1. The summed E-state index contributed by atoms with van der Waals surface area (Å²) >= 11 is 0. The number of hydrogen-bond acceptors (Lipinski definition) is 4. The van der Waals surface area contributed by atoms with E-state index in [0.717, 1.165) is 30.4 Å². The zero-order valence-electron chi connectivity index (χ0n) is 16.6. The number of carbonyl (C=O) groups excluding carboxylic acids is 2. The summed E-state index contributed by atoms with van der Waals surface area (Å²) in [5.74, 6) is -0.754. The van der Waals surface area contributed by atoms with Gasteiger partial charge in [0.25, 0.3) is 0 Å². The van der Waals surface area contributed by atoms with E-state index in [2.05, 4.69) is 24.4 Å². The molecular formula is C25H23NO3. The molecule has 1 aliphatic carbocycles. The Hall–Kier alpha value is -3.40. The smallest absolute Gasteiger partial charge is 0.198 e. The summed E-state index contributed by atoms with van der Waals surface area (Å²) in [6.45, 7) is 2.18. The summed E-state index contributed by atoms with van der Waals surface area (Å²) in [4.78, 5) is 26.2. The molecule has 0 unspecified atom stereocenters. The molecule has 0 radical (unpaired) electrons. The first-order chi connectivity index (χ1) is 14.0. The number of phenols is 1. The van der Waals surface area contributed by atoms with Crippen LogP contribution in [0.3, 0.4) is 0 Å². The van der Waals surface area contributed by atoms with E-state index in [0.29, 0.717) is 16.8 Å². The van der Waals surface area contributed by atoms with Crippen molar-refractivity contribution in [3.05, 3.63) is 82.4 Å². The highest BCUT2D eigenvalue weighted by Crippen LogP contribution is 2.38. The number of aryl methyl sites for hydroxylation is 1. The molecule has 3 aromatic rings. The molecule has 29 heavy (non-hydrogen) atoms. The van der Waals surface area contributed by atoms with E-state index in [1.807, 2.05) is 18.2 Å². The number of ketones is 2. The molecule has 0 saturated carbocycles. The maximum absolute atomic E-state index is 13.2. The standard InChI is InChI=1S/C25H23NO3/c1-3-4-5-15-6-8-16(9-7-15)17-10-11-18-19(14-17)25(29)23-21(27)13-12-20(26-2)22(23)24(18)28/h6-14,26-27H,3-5H2,1-2H3. The minimum absolute atomic E-state index is 0.0708. The molecule has 4 rings (SSSR count). The lowest BCUT2D eigenvalue weighted by Crippen LogP contribution is -2.22. The maximum Gasteiger partial charge on any atom is 0.198 e. The molecule has 0 aromatic heterocycles. The van der Waals surface area contributed by atoms with Crippen molar-refractivity contribution >= 4 is 17.3 Å². The second-order valence-corrected chi connectivity index (χ2v) is 7.35. The Labute approximate surface area is 170 Å². The zero-order valence-corrected chi connectivity index (χ0v) is 16.6. The molecule has 0 aliphatic heterocycles. The molecular weight excluding hydrogens is 362 g/mol. The van der Waals surface area contributed by atoms with Crippen molar-refractivity contribution in [3.8, 4) is 16.9 Å². The Morgan fingerprint density at radius 3 is 2.21 bits per heavy atom. The fraction of sp³-hybridized carbons (Fsp3) is 0.200. The quantitative estimate of drug-likeness (QED) is 0.462. The average Bonchev–Trinajstić information content (AvgIpc) is 2.76. The first kappa shape index (κ1) is 18.9. The van der Waals surface area contributed by atoms with Crippen LogP contribution in [0.4, 0.5) is 5.69 Å². The normalized spacial score (nSPS) is 12.5. The van der Waals surface area contributed by atoms with E-state index in [-0.39, 0.29) is 28.4 Å². The Morgan fingerprint density at radius 1 is 0.828 bits per heavy atom. The molecule has 146 valence electrons. The SMILES string of the molecule is CCCCc1ccc(-c2ccc3c(c2)C(=O)c2c(O)ccc(NC)c2C3=O)cc1. The molecule has 3 aromatic carbocycles. The van der Waals surface area contributed by atoms with Crippen molar-refractivity contribution in [2.45, 2.75) is 26.2 Å². The molecule has 0 atom stereocenters. The van der Waals surface area contributed by atoms with Crippen LogP contribution in [0.5, 0.6) is 5.75 Å². The third kappa shape index (κ3) is 3.21. The molecule has 4 heteroatoms. The fourth-order valence-electron chi connectivity index (χ4n) is 3.89. The number of phenolic OH excluding ortho intramolecular Hbond substituents is 1. The van der Waals surface area contributed by atoms with Gasteiger partial charge < -0.3 is 10.4 Å². The van der Waals surface area contributed by atoms with Crippen LogP contribution in [0, 0.1) is 0 Å². The lowest BCUT2D eigenvalue weighted by molar-refractivity contribution is 0.0977. The Kier molecular flexibility index (Phi) is 4.93. The van der Waals surface area contributed by atoms with Gasteiger partial charge in [-0.05, 0) is 53.8 Å². The van der Waals surface area contributed by atoms with Crippen molar-refractivity contribution in [1.82, 2.24) is 0 Å². The minimum Gasteiger partial charge on any atom is -0.507 e. The van der Waals surface area contributed by atoms with Crippen molar-refractivity contribution in [3.63, 3.8) is 0 Å². The topological polar surface area (TPSA) is 66.4 Å². The fourth-order valence-corrected chi connectivity index (χ4v) is 3.89. The molecule has 1 aliphatic rings. The first-order valence-electron chi connectivity index (χ1n) is 9.91. The molecule has 2 N–H and O–H groups in total. The van der Waals surface area contributed by atoms with Crippen LogP contribution in [0.1, 0.15) is 57.2 Å². The third-order valence-corrected chi connectivity index (χ3v) is 5.52. The van der Waals surface area contributed by atoms with E-state index in [4.69, 9.17) is 0 Å². The van der Waals surface area contributed by atoms with Gasteiger partial charge in [0.15, 0.2) is 11.6 Å².